The zero-order valence-electron chi connectivity index (χ0n) is 8.38. The van der Waals surface area contributed by atoms with Crippen LogP contribution in [0.4, 0.5) is 0 Å². The highest BCUT2D eigenvalue weighted by Gasteiger charge is 2.10. The third kappa shape index (κ3) is 6.15. The molecule has 3 heteroatoms. The van der Waals surface area contributed by atoms with Gasteiger partial charge in [-0.3, -0.25) is 4.79 Å². The first-order valence-corrected chi connectivity index (χ1v) is 4.76. The largest absolute Gasteiger partial charge is 0.465 e. The predicted molar refractivity (Wildman–Crippen MR) is 49.9 cm³/mol. The molecule has 0 rings (SSSR count). The molecule has 1 unspecified atom stereocenters. The summed E-state index contributed by atoms with van der Waals surface area (Å²) in [5, 5.41) is 8.24. The molecule has 0 saturated heterocycles. The highest BCUT2D eigenvalue weighted by Crippen LogP contribution is 2.04. The van der Waals surface area contributed by atoms with E-state index in [4.69, 9.17) is 10.00 Å². The SMILES string of the molecule is CCC(C)C(=O)OCCCCC#N. The maximum atomic E-state index is 11.1. The second-order valence-electron chi connectivity index (χ2n) is 3.09. The number of hydrogen-bond acceptors (Lipinski definition) is 3. The van der Waals surface area contributed by atoms with E-state index in [0.29, 0.717) is 13.0 Å². The van der Waals surface area contributed by atoms with Crippen LogP contribution in [0.3, 0.4) is 0 Å². The summed E-state index contributed by atoms with van der Waals surface area (Å²) < 4.78 is 4.99. The van der Waals surface area contributed by atoms with Crippen molar-refractivity contribution in [3.63, 3.8) is 0 Å². The fourth-order valence-electron chi connectivity index (χ4n) is 0.788. The first-order valence-electron chi connectivity index (χ1n) is 4.76. The lowest BCUT2D eigenvalue weighted by Crippen LogP contribution is -2.14. The van der Waals surface area contributed by atoms with Gasteiger partial charge in [-0.15, -0.1) is 0 Å². The molecule has 13 heavy (non-hydrogen) atoms. The summed E-state index contributed by atoms with van der Waals surface area (Å²) in [5.74, 6) is -0.129. The number of ether oxygens (including phenoxy) is 1. The van der Waals surface area contributed by atoms with E-state index in [1.165, 1.54) is 0 Å². The van der Waals surface area contributed by atoms with Crippen molar-refractivity contribution in [3.05, 3.63) is 0 Å². The topological polar surface area (TPSA) is 50.1 Å². The van der Waals surface area contributed by atoms with Gasteiger partial charge in [-0.05, 0) is 19.3 Å². The summed E-state index contributed by atoms with van der Waals surface area (Å²) in [4.78, 5) is 11.1. The zero-order valence-corrected chi connectivity index (χ0v) is 8.38. The highest BCUT2D eigenvalue weighted by molar-refractivity contribution is 5.71. The Bertz CT molecular complexity index is 184. The number of rotatable bonds is 6. The monoisotopic (exact) mass is 183 g/mol. The molecule has 0 N–H and O–H groups in total. The number of nitriles is 1. The van der Waals surface area contributed by atoms with Gasteiger partial charge < -0.3 is 4.74 Å². The molecule has 0 amide bonds. The van der Waals surface area contributed by atoms with Crippen LogP contribution in [0.5, 0.6) is 0 Å². The Labute approximate surface area is 79.7 Å². The zero-order chi connectivity index (χ0) is 10.1. The van der Waals surface area contributed by atoms with Gasteiger partial charge in [0.05, 0.1) is 18.6 Å². The minimum Gasteiger partial charge on any atom is -0.465 e. The minimum atomic E-state index is -0.126. The van der Waals surface area contributed by atoms with Gasteiger partial charge >= 0.3 is 5.97 Å². The number of nitrogens with zero attached hydrogens (tertiary/aromatic N) is 1. The van der Waals surface area contributed by atoms with E-state index in [1.54, 1.807) is 0 Å². The normalized spacial score (nSPS) is 11.8. The Kier molecular flexibility index (Phi) is 6.99. The molecule has 0 aliphatic rings. The Morgan fingerprint density at radius 1 is 1.54 bits per heavy atom. The fourth-order valence-corrected chi connectivity index (χ4v) is 0.788. The van der Waals surface area contributed by atoms with Crippen LogP contribution in [0, 0.1) is 17.2 Å². The Hall–Kier alpha value is -1.04. The van der Waals surface area contributed by atoms with Crippen LogP contribution >= 0.6 is 0 Å². The number of hydrogen-bond donors (Lipinski definition) is 0. The fraction of sp³-hybridized carbons (Fsp3) is 0.800. The van der Waals surface area contributed by atoms with E-state index in [9.17, 15) is 4.79 Å². The van der Waals surface area contributed by atoms with Crippen LogP contribution in [0.25, 0.3) is 0 Å². The van der Waals surface area contributed by atoms with Crippen LogP contribution in [0.15, 0.2) is 0 Å². The highest BCUT2D eigenvalue weighted by atomic mass is 16.5. The Morgan fingerprint density at radius 2 is 2.23 bits per heavy atom. The van der Waals surface area contributed by atoms with E-state index in [0.717, 1.165) is 19.3 Å². The summed E-state index contributed by atoms with van der Waals surface area (Å²) in [6, 6.07) is 2.05. The van der Waals surface area contributed by atoms with Gasteiger partial charge in [0.2, 0.25) is 0 Å². The van der Waals surface area contributed by atoms with Gasteiger partial charge in [-0.2, -0.15) is 5.26 Å². The van der Waals surface area contributed by atoms with Crippen molar-refractivity contribution in [1.29, 1.82) is 5.26 Å². The summed E-state index contributed by atoms with van der Waals surface area (Å²) in [5.41, 5.74) is 0. The summed E-state index contributed by atoms with van der Waals surface area (Å²) in [6.07, 6.45) is 2.96. The average molecular weight is 183 g/mol. The number of unbranched alkanes of at least 4 members (excludes halogenated alkanes) is 2. The first-order chi connectivity index (χ1) is 6.22. The van der Waals surface area contributed by atoms with Gasteiger partial charge in [-0.25, -0.2) is 0 Å². The van der Waals surface area contributed by atoms with Crippen molar-refractivity contribution in [1.82, 2.24) is 0 Å². The van der Waals surface area contributed by atoms with Crippen molar-refractivity contribution in [3.8, 4) is 6.07 Å². The molecule has 0 radical (unpaired) electrons. The Balaban J connectivity index is 3.33. The number of carbonyl (C=O) groups excluding carboxylic acids is 1. The molecule has 0 spiro atoms. The Morgan fingerprint density at radius 3 is 2.77 bits per heavy atom. The van der Waals surface area contributed by atoms with E-state index in [2.05, 4.69) is 0 Å². The second kappa shape index (κ2) is 7.60. The first kappa shape index (κ1) is 12.0. The predicted octanol–water partition coefficient (Wildman–Crippen LogP) is 2.27. The van der Waals surface area contributed by atoms with Crippen LogP contribution in [-0.4, -0.2) is 12.6 Å². The minimum absolute atomic E-state index is 0.00373. The van der Waals surface area contributed by atoms with Gasteiger partial charge in [0.25, 0.3) is 0 Å². The van der Waals surface area contributed by atoms with Crippen molar-refractivity contribution >= 4 is 5.97 Å². The van der Waals surface area contributed by atoms with E-state index >= 15 is 0 Å². The molecule has 0 fully saturated rings. The van der Waals surface area contributed by atoms with Crippen molar-refractivity contribution < 1.29 is 9.53 Å². The number of esters is 1. The molecule has 0 aliphatic carbocycles. The lowest BCUT2D eigenvalue weighted by Gasteiger charge is -2.08. The summed E-state index contributed by atoms with van der Waals surface area (Å²) in [6.45, 7) is 4.27. The van der Waals surface area contributed by atoms with Gasteiger partial charge in [-0.1, -0.05) is 13.8 Å². The molecule has 0 bridgehead atoms. The number of carbonyl (C=O) groups is 1. The van der Waals surface area contributed by atoms with Crippen LogP contribution in [0.2, 0.25) is 0 Å². The molecular formula is C10H17NO2. The maximum Gasteiger partial charge on any atom is 0.308 e. The van der Waals surface area contributed by atoms with Gasteiger partial charge in [0.1, 0.15) is 0 Å². The third-order valence-electron chi connectivity index (χ3n) is 1.94. The second-order valence-corrected chi connectivity index (χ2v) is 3.09. The van der Waals surface area contributed by atoms with Crippen LogP contribution < -0.4 is 0 Å². The smallest absolute Gasteiger partial charge is 0.308 e. The lowest BCUT2D eigenvalue weighted by molar-refractivity contribution is -0.148. The van der Waals surface area contributed by atoms with Gasteiger partial charge in [0, 0.05) is 6.42 Å². The molecule has 0 aliphatic heterocycles. The summed E-state index contributed by atoms with van der Waals surface area (Å²) >= 11 is 0. The van der Waals surface area contributed by atoms with Gasteiger partial charge in [0.15, 0.2) is 0 Å². The van der Waals surface area contributed by atoms with E-state index in [1.807, 2.05) is 19.9 Å². The molecule has 0 saturated carbocycles. The molecule has 74 valence electrons. The molecule has 0 heterocycles. The maximum absolute atomic E-state index is 11.1. The molecule has 1 atom stereocenters. The van der Waals surface area contributed by atoms with Crippen molar-refractivity contribution in [2.75, 3.05) is 6.61 Å². The lowest BCUT2D eigenvalue weighted by atomic mass is 10.1. The third-order valence-corrected chi connectivity index (χ3v) is 1.94. The molecule has 3 nitrogen and oxygen atoms in total. The molecule has 0 aromatic carbocycles. The van der Waals surface area contributed by atoms with E-state index < -0.39 is 0 Å². The summed E-state index contributed by atoms with van der Waals surface area (Å²) in [7, 11) is 0. The molecular weight excluding hydrogens is 166 g/mol. The van der Waals surface area contributed by atoms with Crippen LogP contribution in [0.1, 0.15) is 39.5 Å². The average Bonchev–Trinajstić information content (AvgIpc) is 2.16. The standard InChI is InChI=1S/C10H17NO2/c1-3-9(2)10(12)13-8-6-4-5-7-11/h9H,3-6,8H2,1-2H3. The molecule has 0 aromatic rings. The quantitative estimate of drug-likeness (QED) is 0.469. The molecule has 0 aromatic heterocycles. The van der Waals surface area contributed by atoms with Crippen molar-refractivity contribution in [2.45, 2.75) is 39.5 Å². The van der Waals surface area contributed by atoms with Crippen molar-refractivity contribution in [2.24, 2.45) is 5.92 Å². The van der Waals surface area contributed by atoms with E-state index in [-0.39, 0.29) is 11.9 Å². The van der Waals surface area contributed by atoms with Crippen LogP contribution in [-0.2, 0) is 9.53 Å².